The number of benzene rings is 2. The van der Waals surface area contributed by atoms with Crippen molar-refractivity contribution in [2.45, 2.75) is 83.9 Å². The Kier molecular flexibility index (Phi) is 11.0. The summed E-state index contributed by atoms with van der Waals surface area (Å²) in [7, 11) is 0. The first-order chi connectivity index (χ1) is 17.8. The minimum absolute atomic E-state index is 0.296. The Morgan fingerprint density at radius 1 is 0.946 bits per heavy atom. The summed E-state index contributed by atoms with van der Waals surface area (Å²) in [5.74, 6) is -0.232. The second kappa shape index (κ2) is 14.2. The van der Waals surface area contributed by atoms with Gasteiger partial charge in [0.1, 0.15) is 11.4 Å². The molecule has 1 aromatic heterocycles. The molecule has 0 saturated heterocycles. The third-order valence-electron chi connectivity index (χ3n) is 6.22. The molecule has 8 heteroatoms. The van der Waals surface area contributed by atoms with E-state index < -0.39 is 6.36 Å². The molecule has 1 atom stereocenters. The molecule has 0 aliphatic rings. The largest absolute Gasteiger partial charge is 0.573 e. The molecule has 3 rings (SSSR count). The number of rotatable bonds is 14. The van der Waals surface area contributed by atoms with Gasteiger partial charge in [0, 0.05) is 22.5 Å². The van der Waals surface area contributed by atoms with Crippen LogP contribution in [0.1, 0.15) is 93.0 Å². The number of thiazole rings is 1. The van der Waals surface area contributed by atoms with Crippen LogP contribution in [0.15, 0.2) is 53.9 Å². The third kappa shape index (κ3) is 9.18. The lowest BCUT2D eigenvalue weighted by Gasteiger charge is -2.13. The summed E-state index contributed by atoms with van der Waals surface area (Å²) in [6.07, 6.45) is 5.99. The lowest BCUT2D eigenvalue weighted by molar-refractivity contribution is -0.274. The number of halogens is 3. The Balaban J connectivity index is 1.66. The monoisotopic (exact) mass is 532 g/mol. The Bertz CT molecular complexity index is 1110. The van der Waals surface area contributed by atoms with Crippen LogP contribution in [0.5, 0.6) is 5.75 Å². The molecule has 37 heavy (non-hydrogen) atoms. The number of unbranched alkanes of at least 4 members (excludes halogenated alkanes) is 5. The van der Waals surface area contributed by atoms with Gasteiger partial charge in [-0.05, 0) is 36.6 Å². The van der Waals surface area contributed by atoms with Crippen molar-refractivity contribution in [2.75, 3.05) is 5.32 Å². The van der Waals surface area contributed by atoms with E-state index in [9.17, 15) is 18.0 Å². The lowest BCUT2D eigenvalue weighted by atomic mass is 9.96. The van der Waals surface area contributed by atoms with Crippen molar-refractivity contribution in [3.63, 3.8) is 0 Å². The number of nitrogens with one attached hydrogen (secondary N) is 1. The Labute approximate surface area is 221 Å². The molecule has 0 spiro atoms. The van der Waals surface area contributed by atoms with E-state index in [1.807, 2.05) is 6.07 Å². The number of carbonyl (C=O) groups is 1. The molecule has 0 fully saturated rings. The minimum atomic E-state index is -4.75. The topological polar surface area (TPSA) is 51.2 Å². The highest BCUT2D eigenvalue weighted by atomic mass is 32.1. The molecule has 0 radical (unpaired) electrons. The van der Waals surface area contributed by atoms with E-state index in [2.05, 4.69) is 28.9 Å². The molecular weight excluding hydrogens is 497 g/mol. The van der Waals surface area contributed by atoms with Crippen molar-refractivity contribution >= 4 is 22.9 Å². The van der Waals surface area contributed by atoms with Crippen LogP contribution in [0.25, 0.3) is 11.1 Å². The van der Waals surface area contributed by atoms with E-state index in [4.69, 9.17) is 0 Å². The predicted octanol–water partition coefficient (Wildman–Crippen LogP) is 9.60. The average molecular weight is 533 g/mol. The molecule has 0 saturated carbocycles. The molecule has 2 aromatic carbocycles. The van der Waals surface area contributed by atoms with Crippen LogP contribution in [-0.2, 0) is 0 Å². The van der Waals surface area contributed by atoms with Gasteiger partial charge in [-0.25, -0.2) is 4.98 Å². The maximum Gasteiger partial charge on any atom is 0.573 e. The summed E-state index contributed by atoms with van der Waals surface area (Å²) < 4.78 is 41.4. The van der Waals surface area contributed by atoms with Crippen molar-refractivity contribution in [1.82, 2.24) is 4.98 Å². The summed E-state index contributed by atoms with van der Waals surface area (Å²) in [5.41, 5.74) is 2.29. The number of aromatic nitrogens is 1. The van der Waals surface area contributed by atoms with Crippen LogP contribution in [0.2, 0.25) is 0 Å². The summed E-state index contributed by atoms with van der Waals surface area (Å²) in [4.78, 5) is 17.7. The van der Waals surface area contributed by atoms with Crippen molar-refractivity contribution in [1.29, 1.82) is 0 Å². The fourth-order valence-electron chi connectivity index (χ4n) is 4.36. The summed E-state index contributed by atoms with van der Waals surface area (Å²) in [5, 5.41) is 5.74. The first-order valence-corrected chi connectivity index (χ1v) is 13.9. The highest BCUT2D eigenvalue weighted by Gasteiger charge is 2.31. The molecular formula is C29H35F3N2O2S. The standard InChI is InChI=1S/C29H35F3N2O2S/c1-3-5-6-7-8-9-13-22(12-4-2)28-34-26(20-37-28)27(35)33-25-15-11-10-14-24(25)21-16-18-23(19-17-21)36-29(30,31)32/h10-11,14-20,22H,3-9,12-13H2,1-2H3,(H,33,35). The summed E-state index contributed by atoms with van der Waals surface area (Å²) in [6, 6.07) is 12.7. The van der Waals surface area contributed by atoms with E-state index in [-0.39, 0.29) is 11.7 Å². The van der Waals surface area contributed by atoms with Crippen molar-refractivity contribution in [3.05, 3.63) is 64.6 Å². The van der Waals surface area contributed by atoms with Crippen molar-refractivity contribution < 1.29 is 22.7 Å². The van der Waals surface area contributed by atoms with Crippen LogP contribution in [-0.4, -0.2) is 17.3 Å². The van der Waals surface area contributed by atoms with E-state index >= 15 is 0 Å². The van der Waals surface area contributed by atoms with Crippen LogP contribution in [0, 0.1) is 0 Å². The van der Waals surface area contributed by atoms with Crippen LogP contribution < -0.4 is 10.1 Å². The fraction of sp³-hybridized carbons (Fsp3) is 0.448. The van der Waals surface area contributed by atoms with Gasteiger partial charge < -0.3 is 10.1 Å². The van der Waals surface area contributed by atoms with E-state index in [1.54, 1.807) is 23.6 Å². The number of amides is 1. The van der Waals surface area contributed by atoms with Crippen molar-refractivity contribution in [3.8, 4) is 16.9 Å². The van der Waals surface area contributed by atoms with Gasteiger partial charge in [0.05, 0.1) is 5.01 Å². The lowest BCUT2D eigenvalue weighted by Crippen LogP contribution is -2.17. The number of ether oxygens (including phenoxy) is 1. The fourth-order valence-corrected chi connectivity index (χ4v) is 5.33. The number of nitrogens with zero attached hydrogens (tertiary/aromatic N) is 1. The van der Waals surface area contributed by atoms with E-state index in [0.717, 1.165) is 24.3 Å². The van der Waals surface area contributed by atoms with Crippen LogP contribution in [0.4, 0.5) is 18.9 Å². The molecule has 200 valence electrons. The molecule has 0 bridgehead atoms. The van der Waals surface area contributed by atoms with E-state index in [1.165, 1.54) is 74.1 Å². The third-order valence-corrected chi connectivity index (χ3v) is 7.23. The summed E-state index contributed by atoms with van der Waals surface area (Å²) >= 11 is 1.54. The minimum Gasteiger partial charge on any atom is -0.406 e. The second-order valence-corrected chi connectivity index (χ2v) is 10.1. The number of para-hydroxylation sites is 1. The number of hydrogen-bond acceptors (Lipinski definition) is 4. The van der Waals surface area contributed by atoms with Gasteiger partial charge in [-0.2, -0.15) is 0 Å². The zero-order valence-corrected chi connectivity index (χ0v) is 22.3. The van der Waals surface area contributed by atoms with Crippen LogP contribution >= 0.6 is 11.3 Å². The van der Waals surface area contributed by atoms with Gasteiger partial charge >= 0.3 is 6.36 Å². The Hall–Kier alpha value is -2.87. The number of alkyl halides is 3. The predicted molar refractivity (Wildman–Crippen MR) is 144 cm³/mol. The first kappa shape index (κ1) is 28.7. The van der Waals surface area contributed by atoms with Gasteiger partial charge in [0.15, 0.2) is 0 Å². The van der Waals surface area contributed by atoms with Crippen molar-refractivity contribution in [2.24, 2.45) is 0 Å². The van der Waals surface area contributed by atoms with Gasteiger partial charge in [0.2, 0.25) is 0 Å². The maximum absolute atomic E-state index is 13.1. The number of carbonyl (C=O) groups excluding carboxylic acids is 1. The Morgan fingerprint density at radius 2 is 1.65 bits per heavy atom. The van der Waals surface area contributed by atoms with Gasteiger partial charge in [0.25, 0.3) is 5.91 Å². The molecule has 1 amide bonds. The zero-order valence-electron chi connectivity index (χ0n) is 21.4. The molecule has 0 aliphatic heterocycles. The van der Waals surface area contributed by atoms with Gasteiger partial charge in [-0.3, -0.25) is 4.79 Å². The average Bonchev–Trinajstić information content (AvgIpc) is 3.36. The molecule has 3 aromatic rings. The smallest absolute Gasteiger partial charge is 0.406 e. The second-order valence-electron chi connectivity index (χ2n) is 9.18. The van der Waals surface area contributed by atoms with Crippen LogP contribution in [0.3, 0.4) is 0 Å². The molecule has 0 aliphatic carbocycles. The number of hydrogen-bond donors (Lipinski definition) is 1. The van der Waals surface area contributed by atoms with E-state index in [0.29, 0.717) is 28.4 Å². The summed E-state index contributed by atoms with van der Waals surface area (Å²) in [6.45, 7) is 4.40. The first-order valence-electron chi connectivity index (χ1n) is 13.0. The normalized spacial score (nSPS) is 12.4. The molecule has 1 unspecified atom stereocenters. The molecule has 1 N–H and O–H groups in total. The Morgan fingerprint density at radius 3 is 2.35 bits per heavy atom. The van der Waals surface area contributed by atoms with Gasteiger partial charge in [-0.15, -0.1) is 24.5 Å². The zero-order chi connectivity index (χ0) is 26.7. The van der Waals surface area contributed by atoms with Gasteiger partial charge in [-0.1, -0.05) is 89.1 Å². The SMILES string of the molecule is CCCCCCCCC(CCC)c1nc(C(=O)Nc2ccccc2-c2ccc(OC(F)(F)F)cc2)cs1. The maximum atomic E-state index is 13.1. The quantitative estimate of drug-likeness (QED) is 0.210. The molecule has 4 nitrogen and oxygen atoms in total. The highest BCUT2D eigenvalue weighted by molar-refractivity contribution is 7.10. The highest BCUT2D eigenvalue weighted by Crippen LogP contribution is 2.33. The molecule has 1 heterocycles. The number of anilines is 1.